The number of unbranched alkanes of at least 4 members (excludes halogenated alkanes) is 3. The molecule has 2 rings (SSSR count). The lowest BCUT2D eigenvalue weighted by atomic mass is 9.81. The van der Waals surface area contributed by atoms with Gasteiger partial charge in [0.05, 0.1) is 12.1 Å². The lowest BCUT2D eigenvalue weighted by Gasteiger charge is -2.44. The quantitative estimate of drug-likeness (QED) is 0.463. The third-order valence-electron chi connectivity index (χ3n) is 6.19. The molecule has 5 atom stereocenters. The molecule has 1 heterocycles. The molecule has 1 aromatic rings. The van der Waals surface area contributed by atoms with Crippen LogP contribution in [0.3, 0.4) is 0 Å². The van der Waals surface area contributed by atoms with Crippen molar-refractivity contribution in [1.29, 1.82) is 0 Å². The Kier molecular flexibility index (Phi) is 11.5. The van der Waals surface area contributed by atoms with Gasteiger partial charge in [-0.2, -0.15) is 0 Å². The SMILES string of the molecule is CCC1OC(OCCCCCCNC(=O)OCc2ccccc2)C(NC(C)=O)C(C)C1C. The first kappa shape index (κ1) is 26.1. The molecule has 2 amide bonds. The molecule has 0 aliphatic carbocycles. The highest BCUT2D eigenvalue weighted by Gasteiger charge is 2.41. The van der Waals surface area contributed by atoms with Crippen LogP contribution in [0.2, 0.25) is 0 Å². The Hall–Kier alpha value is -2.12. The first-order valence-corrected chi connectivity index (χ1v) is 11.9. The van der Waals surface area contributed by atoms with Gasteiger partial charge in [-0.3, -0.25) is 4.79 Å². The minimum Gasteiger partial charge on any atom is -0.445 e. The Labute approximate surface area is 192 Å². The van der Waals surface area contributed by atoms with Crippen LogP contribution in [0.4, 0.5) is 4.79 Å². The van der Waals surface area contributed by atoms with E-state index in [4.69, 9.17) is 14.2 Å². The largest absolute Gasteiger partial charge is 0.445 e. The van der Waals surface area contributed by atoms with Crippen molar-refractivity contribution < 1.29 is 23.8 Å². The summed E-state index contributed by atoms with van der Waals surface area (Å²) in [5.74, 6) is 0.592. The van der Waals surface area contributed by atoms with Crippen molar-refractivity contribution in [3.05, 3.63) is 35.9 Å². The third kappa shape index (κ3) is 8.79. The number of ether oxygens (including phenoxy) is 3. The van der Waals surface area contributed by atoms with E-state index in [0.717, 1.165) is 37.7 Å². The van der Waals surface area contributed by atoms with Crippen molar-refractivity contribution in [3.63, 3.8) is 0 Å². The minimum atomic E-state index is -0.406. The van der Waals surface area contributed by atoms with E-state index in [9.17, 15) is 9.59 Å². The van der Waals surface area contributed by atoms with Gasteiger partial charge in [0, 0.05) is 20.1 Å². The van der Waals surface area contributed by atoms with E-state index in [1.165, 1.54) is 6.92 Å². The van der Waals surface area contributed by atoms with Crippen molar-refractivity contribution in [3.8, 4) is 0 Å². The highest BCUT2D eigenvalue weighted by Crippen LogP contribution is 2.32. The Morgan fingerprint density at radius 2 is 1.75 bits per heavy atom. The summed E-state index contributed by atoms with van der Waals surface area (Å²) in [6.07, 6.45) is 4.08. The van der Waals surface area contributed by atoms with Crippen LogP contribution in [0.15, 0.2) is 30.3 Å². The zero-order valence-corrected chi connectivity index (χ0v) is 20.0. The average molecular weight is 449 g/mol. The molecule has 32 heavy (non-hydrogen) atoms. The summed E-state index contributed by atoms with van der Waals surface area (Å²) in [5, 5.41) is 5.80. The maximum atomic E-state index is 11.7. The number of carbonyl (C=O) groups excluding carboxylic acids is 2. The molecular weight excluding hydrogens is 408 g/mol. The monoisotopic (exact) mass is 448 g/mol. The lowest BCUT2D eigenvalue weighted by Crippen LogP contribution is -2.57. The predicted molar refractivity (Wildman–Crippen MR) is 124 cm³/mol. The summed E-state index contributed by atoms with van der Waals surface area (Å²) in [4.78, 5) is 23.4. The van der Waals surface area contributed by atoms with Crippen LogP contribution >= 0.6 is 0 Å². The Balaban J connectivity index is 1.57. The molecule has 7 heteroatoms. The van der Waals surface area contributed by atoms with Crippen molar-refractivity contribution in [1.82, 2.24) is 10.6 Å². The summed E-state index contributed by atoms with van der Waals surface area (Å²) < 4.78 is 17.4. The van der Waals surface area contributed by atoms with Gasteiger partial charge in [-0.05, 0) is 36.7 Å². The molecule has 7 nitrogen and oxygen atoms in total. The van der Waals surface area contributed by atoms with Gasteiger partial charge >= 0.3 is 6.09 Å². The van der Waals surface area contributed by atoms with Crippen LogP contribution in [0.25, 0.3) is 0 Å². The number of rotatable bonds is 12. The summed E-state index contributed by atoms with van der Waals surface area (Å²) in [7, 11) is 0. The first-order chi connectivity index (χ1) is 15.4. The Morgan fingerprint density at radius 1 is 1.03 bits per heavy atom. The molecule has 1 aromatic carbocycles. The van der Waals surface area contributed by atoms with E-state index in [0.29, 0.717) is 19.1 Å². The van der Waals surface area contributed by atoms with Crippen LogP contribution in [0.1, 0.15) is 65.4 Å². The molecule has 0 aromatic heterocycles. The van der Waals surface area contributed by atoms with E-state index in [2.05, 4.69) is 31.4 Å². The summed E-state index contributed by atoms with van der Waals surface area (Å²) in [5.41, 5.74) is 0.972. The molecule has 1 fully saturated rings. The van der Waals surface area contributed by atoms with Gasteiger partial charge in [-0.25, -0.2) is 4.79 Å². The van der Waals surface area contributed by atoms with Gasteiger partial charge in [-0.15, -0.1) is 0 Å². The van der Waals surface area contributed by atoms with E-state index < -0.39 is 6.29 Å². The van der Waals surface area contributed by atoms with E-state index in [-0.39, 0.29) is 36.7 Å². The number of hydrogen-bond acceptors (Lipinski definition) is 5. The fourth-order valence-electron chi connectivity index (χ4n) is 4.08. The fraction of sp³-hybridized carbons (Fsp3) is 0.680. The van der Waals surface area contributed by atoms with Crippen LogP contribution in [-0.2, 0) is 25.6 Å². The number of nitrogens with one attached hydrogen (secondary N) is 2. The molecular formula is C25H40N2O5. The summed E-state index contributed by atoms with van der Waals surface area (Å²) in [6, 6.07) is 9.50. The molecule has 0 bridgehead atoms. The lowest BCUT2D eigenvalue weighted by molar-refractivity contribution is -0.236. The second-order valence-electron chi connectivity index (χ2n) is 8.67. The van der Waals surface area contributed by atoms with Gasteiger partial charge in [-0.1, -0.05) is 63.9 Å². The summed E-state index contributed by atoms with van der Waals surface area (Å²) in [6.45, 7) is 9.45. The minimum absolute atomic E-state index is 0.0593. The van der Waals surface area contributed by atoms with Crippen molar-refractivity contribution >= 4 is 12.0 Å². The van der Waals surface area contributed by atoms with Gasteiger partial charge in [0.15, 0.2) is 6.29 Å². The number of benzene rings is 1. The maximum Gasteiger partial charge on any atom is 0.407 e. The van der Waals surface area contributed by atoms with Crippen LogP contribution < -0.4 is 10.6 Å². The van der Waals surface area contributed by atoms with Crippen molar-refractivity contribution in [2.75, 3.05) is 13.2 Å². The molecule has 1 saturated heterocycles. The summed E-state index contributed by atoms with van der Waals surface area (Å²) >= 11 is 0. The van der Waals surface area contributed by atoms with Gasteiger partial charge < -0.3 is 24.8 Å². The van der Waals surface area contributed by atoms with E-state index in [1.54, 1.807) is 0 Å². The number of carbonyl (C=O) groups is 2. The van der Waals surface area contributed by atoms with Gasteiger partial charge in [0.1, 0.15) is 6.61 Å². The normalized spacial score (nSPS) is 25.2. The average Bonchev–Trinajstić information content (AvgIpc) is 2.79. The number of hydrogen-bond donors (Lipinski definition) is 2. The van der Waals surface area contributed by atoms with Crippen molar-refractivity contribution in [2.24, 2.45) is 11.8 Å². The number of amides is 2. The standard InChI is InChI=1S/C25H40N2O5/c1-5-22-18(2)19(3)23(27-20(4)28)24(32-22)30-16-12-7-6-11-15-26-25(29)31-17-21-13-9-8-10-14-21/h8-10,13-14,18-19,22-24H,5-7,11-12,15-17H2,1-4H3,(H,26,29)(H,27,28). The van der Waals surface area contributed by atoms with Gasteiger partial charge in [0.2, 0.25) is 5.91 Å². The maximum absolute atomic E-state index is 11.7. The highest BCUT2D eigenvalue weighted by molar-refractivity contribution is 5.73. The van der Waals surface area contributed by atoms with Crippen molar-refractivity contribution in [2.45, 2.75) is 84.8 Å². The third-order valence-corrected chi connectivity index (χ3v) is 6.19. The molecule has 5 unspecified atom stereocenters. The fourth-order valence-corrected chi connectivity index (χ4v) is 4.08. The molecule has 1 aliphatic rings. The highest BCUT2D eigenvalue weighted by atomic mass is 16.7. The predicted octanol–water partition coefficient (Wildman–Crippen LogP) is 4.40. The zero-order valence-electron chi connectivity index (χ0n) is 20.0. The molecule has 2 N–H and O–H groups in total. The van der Waals surface area contributed by atoms with Crippen LogP contribution in [0, 0.1) is 11.8 Å². The smallest absolute Gasteiger partial charge is 0.407 e. The van der Waals surface area contributed by atoms with E-state index in [1.807, 2.05) is 30.3 Å². The topological polar surface area (TPSA) is 85.9 Å². The van der Waals surface area contributed by atoms with Crippen LogP contribution in [-0.4, -0.2) is 43.6 Å². The Morgan fingerprint density at radius 3 is 2.44 bits per heavy atom. The second kappa shape index (κ2) is 14.1. The zero-order chi connectivity index (χ0) is 23.3. The Bertz CT molecular complexity index is 684. The van der Waals surface area contributed by atoms with E-state index >= 15 is 0 Å². The molecule has 0 saturated carbocycles. The first-order valence-electron chi connectivity index (χ1n) is 11.9. The number of alkyl carbamates (subject to hydrolysis) is 1. The second-order valence-corrected chi connectivity index (χ2v) is 8.67. The van der Waals surface area contributed by atoms with Crippen LogP contribution in [0.5, 0.6) is 0 Å². The van der Waals surface area contributed by atoms with Gasteiger partial charge in [0.25, 0.3) is 0 Å². The molecule has 180 valence electrons. The molecule has 1 aliphatic heterocycles. The molecule has 0 radical (unpaired) electrons. The molecule has 0 spiro atoms.